The minimum Gasteiger partial charge on any atom is -0.389 e. The van der Waals surface area contributed by atoms with Crippen LogP contribution in [0.4, 0.5) is 5.69 Å². The van der Waals surface area contributed by atoms with Crippen LogP contribution >= 0.6 is 0 Å². The number of anilines is 1. The van der Waals surface area contributed by atoms with Gasteiger partial charge < -0.3 is 14.7 Å². The standard InChI is InChI=1S/C27H34N2O2/c1-4-7-18(2)23-8-5-6-9-25(23)29(17-31-3)26-16-21(10-11-28-26)27(30)22-13-19-12-20(15-22)24(27)14-19/h4-9,11,16,19-22,24,30H,1,10,12-15,17H2,2-3H3/b18-7+. The minimum absolute atomic E-state index is 0.121. The second-order valence-electron chi connectivity index (χ2n) is 9.89. The smallest absolute Gasteiger partial charge is 0.130 e. The third kappa shape index (κ3) is 3.32. The number of hydrogen-bond acceptors (Lipinski definition) is 4. The Morgan fingerprint density at radius 1 is 1.29 bits per heavy atom. The maximum atomic E-state index is 12.0. The number of benzene rings is 1. The van der Waals surface area contributed by atoms with Crippen LogP contribution in [-0.2, 0) is 4.74 Å². The molecule has 4 saturated carbocycles. The van der Waals surface area contributed by atoms with E-state index in [0.717, 1.165) is 40.9 Å². The highest BCUT2D eigenvalue weighted by molar-refractivity contribution is 5.78. The molecule has 1 N–H and O–H groups in total. The van der Waals surface area contributed by atoms with Gasteiger partial charge in [0.25, 0.3) is 0 Å². The molecule has 0 saturated heterocycles. The van der Waals surface area contributed by atoms with Crippen LogP contribution < -0.4 is 4.90 Å². The van der Waals surface area contributed by atoms with E-state index in [9.17, 15) is 5.11 Å². The Bertz CT molecular complexity index is 944. The second-order valence-corrected chi connectivity index (χ2v) is 9.89. The molecule has 4 fully saturated rings. The minimum atomic E-state index is -0.577. The van der Waals surface area contributed by atoms with E-state index in [1.807, 2.05) is 18.4 Å². The molecule has 4 bridgehead atoms. The SMILES string of the molecule is C=C/C=C(\C)c1ccccc1N(COC)C1=CC(C2(O)C3CC4CC(C3)C2C4)CC=N1. The summed E-state index contributed by atoms with van der Waals surface area (Å²) in [7, 11) is 1.72. The van der Waals surface area contributed by atoms with Crippen LogP contribution in [0.2, 0.25) is 0 Å². The van der Waals surface area contributed by atoms with Crippen molar-refractivity contribution in [1.29, 1.82) is 0 Å². The number of ether oxygens (including phenoxy) is 1. The predicted molar refractivity (Wildman–Crippen MR) is 127 cm³/mol. The molecule has 4 nitrogen and oxygen atoms in total. The molecule has 1 aliphatic heterocycles. The van der Waals surface area contributed by atoms with Crippen molar-refractivity contribution in [2.75, 3.05) is 18.7 Å². The van der Waals surface area contributed by atoms with Crippen molar-refractivity contribution < 1.29 is 9.84 Å². The van der Waals surface area contributed by atoms with Crippen molar-refractivity contribution in [3.8, 4) is 0 Å². The van der Waals surface area contributed by atoms with E-state index >= 15 is 0 Å². The molecular formula is C27H34N2O2. The molecule has 0 radical (unpaired) electrons. The summed E-state index contributed by atoms with van der Waals surface area (Å²) >= 11 is 0. The summed E-state index contributed by atoms with van der Waals surface area (Å²) in [4.78, 5) is 6.91. The van der Waals surface area contributed by atoms with Gasteiger partial charge in [0.05, 0.1) is 11.3 Å². The molecule has 1 aromatic carbocycles. The van der Waals surface area contributed by atoms with Crippen LogP contribution in [0.15, 0.2) is 59.9 Å². The van der Waals surface area contributed by atoms with E-state index in [0.29, 0.717) is 18.6 Å². The van der Waals surface area contributed by atoms with Gasteiger partial charge in [-0.2, -0.15) is 0 Å². The van der Waals surface area contributed by atoms with Crippen molar-refractivity contribution in [3.05, 3.63) is 60.5 Å². The molecule has 5 aliphatic rings. The Kier molecular flexibility index (Phi) is 5.39. The van der Waals surface area contributed by atoms with Gasteiger partial charge in [-0.15, -0.1) is 0 Å². The number of rotatable bonds is 7. The number of hydrogen-bond donors (Lipinski definition) is 1. The largest absolute Gasteiger partial charge is 0.389 e. The van der Waals surface area contributed by atoms with Crippen LogP contribution in [0.3, 0.4) is 0 Å². The van der Waals surface area contributed by atoms with Gasteiger partial charge in [0.2, 0.25) is 0 Å². The second kappa shape index (κ2) is 8.07. The van der Waals surface area contributed by atoms with Gasteiger partial charge in [0.15, 0.2) is 0 Å². The lowest BCUT2D eigenvalue weighted by Gasteiger charge is -2.45. The third-order valence-corrected chi connectivity index (χ3v) is 8.29. The van der Waals surface area contributed by atoms with Crippen LogP contribution in [0.1, 0.15) is 44.6 Å². The quantitative estimate of drug-likeness (QED) is 0.475. The van der Waals surface area contributed by atoms with Gasteiger partial charge >= 0.3 is 0 Å². The average Bonchev–Trinajstić information content (AvgIpc) is 3.19. The van der Waals surface area contributed by atoms with Crippen LogP contribution in [0, 0.1) is 29.6 Å². The lowest BCUT2D eigenvalue weighted by atomic mass is 9.65. The number of nitrogens with zero attached hydrogens (tertiary/aromatic N) is 2. The molecule has 1 heterocycles. The molecule has 0 aromatic heterocycles. The van der Waals surface area contributed by atoms with Crippen LogP contribution in [0.5, 0.6) is 0 Å². The fourth-order valence-corrected chi connectivity index (χ4v) is 7.11. The van der Waals surface area contributed by atoms with Crippen molar-refractivity contribution in [1.82, 2.24) is 0 Å². The topological polar surface area (TPSA) is 45.1 Å². The predicted octanol–water partition coefficient (Wildman–Crippen LogP) is 5.42. The van der Waals surface area contributed by atoms with E-state index in [4.69, 9.17) is 9.73 Å². The first-order chi connectivity index (χ1) is 15.1. The van der Waals surface area contributed by atoms with E-state index in [1.165, 1.54) is 25.7 Å². The van der Waals surface area contributed by atoms with Crippen molar-refractivity contribution in [2.24, 2.45) is 34.6 Å². The Balaban J connectivity index is 1.51. The molecule has 6 atom stereocenters. The number of allylic oxidation sites excluding steroid dienone is 3. The van der Waals surface area contributed by atoms with E-state index in [-0.39, 0.29) is 5.92 Å². The zero-order chi connectivity index (χ0) is 21.6. The molecule has 4 aliphatic carbocycles. The number of methoxy groups -OCH3 is 1. The average molecular weight is 419 g/mol. The molecule has 4 heteroatoms. The Labute approximate surface area is 186 Å². The summed E-state index contributed by atoms with van der Waals surface area (Å²) in [6, 6.07) is 8.35. The van der Waals surface area contributed by atoms with E-state index < -0.39 is 5.60 Å². The highest BCUT2D eigenvalue weighted by Gasteiger charge is 2.64. The van der Waals surface area contributed by atoms with Gasteiger partial charge in [-0.1, -0.05) is 36.9 Å². The van der Waals surface area contributed by atoms with Gasteiger partial charge in [-0.05, 0) is 80.4 Å². The van der Waals surface area contributed by atoms with Crippen LogP contribution in [-0.4, -0.2) is 30.8 Å². The molecule has 0 amide bonds. The fraction of sp³-hybridized carbons (Fsp3) is 0.519. The molecule has 6 unspecified atom stereocenters. The van der Waals surface area contributed by atoms with Gasteiger partial charge in [-0.25, -0.2) is 4.99 Å². The summed E-state index contributed by atoms with van der Waals surface area (Å²) in [5.41, 5.74) is 2.76. The summed E-state index contributed by atoms with van der Waals surface area (Å²) < 4.78 is 5.60. The Morgan fingerprint density at radius 3 is 2.90 bits per heavy atom. The fourth-order valence-electron chi connectivity index (χ4n) is 7.11. The summed E-state index contributed by atoms with van der Waals surface area (Å²) in [5.74, 6) is 3.49. The van der Waals surface area contributed by atoms with Crippen LogP contribution in [0.25, 0.3) is 5.57 Å². The Hall–Kier alpha value is -2.17. The molecule has 1 aromatic rings. The van der Waals surface area contributed by atoms with Gasteiger partial charge in [-0.3, -0.25) is 0 Å². The van der Waals surface area contributed by atoms with Crippen molar-refractivity contribution >= 4 is 17.5 Å². The zero-order valence-corrected chi connectivity index (χ0v) is 18.7. The summed E-state index contributed by atoms with van der Waals surface area (Å²) in [5, 5.41) is 12.0. The van der Waals surface area contributed by atoms with Crippen molar-refractivity contribution in [3.63, 3.8) is 0 Å². The molecule has 6 rings (SSSR count). The molecule has 31 heavy (non-hydrogen) atoms. The normalized spacial score (nSPS) is 36.0. The Morgan fingerprint density at radius 2 is 2.13 bits per heavy atom. The molecular weight excluding hydrogens is 384 g/mol. The third-order valence-electron chi connectivity index (χ3n) is 8.29. The maximum absolute atomic E-state index is 12.0. The highest BCUT2D eigenvalue weighted by Crippen LogP contribution is 2.65. The highest BCUT2D eigenvalue weighted by atomic mass is 16.5. The number of aliphatic hydroxyl groups is 1. The monoisotopic (exact) mass is 418 g/mol. The zero-order valence-electron chi connectivity index (χ0n) is 18.7. The summed E-state index contributed by atoms with van der Waals surface area (Å²) in [6.45, 7) is 6.35. The first kappa shape index (κ1) is 20.7. The number of aliphatic imine (C=N–C) groups is 1. The van der Waals surface area contributed by atoms with Gasteiger partial charge in [0.1, 0.15) is 12.6 Å². The van der Waals surface area contributed by atoms with Crippen molar-refractivity contribution in [2.45, 2.75) is 44.6 Å². The van der Waals surface area contributed by atoms with E-state index in [1.54, 1.807) is 7.11 Å². The first-order valence-corrected chi connectivity index (χ1v) is 11.7. The van der Waals surface area contributed by atoms with Gasteiger partial charge in [0, 0.05) is 24.8 Å². The first-order valence-electron chi connectivity index (χ1n) is 11.7. The maximum Gasteiger partial charge on any atom is 0.130 e. The molecule has 164 valence electrons. The lowest BCUT2D eigenvalue weighted by Crippen LogP contribution is -2.50. The molecule has 0 spiro atoms. The lowest BCUT2D eigenvalue weighted by molar-refractivity contribution is -0.0937. The number of para-hydroxylation sites is 1. The van der Waals surface area contributed by atoms with E-state index in [2.05, 4.69) is 48.7 Å². The summed E-state index contributed by atoms with van der Waals surface area (Å²) in [6.07, 6.45) is 13.9.